The van der Waals surface area contributed by atoms with Gasteiger partial charge in [0, 0.05) is 11.1 Å². The maximum Gasteiger partial charge on any atom is 0.262 e. The molecule has 1 aliphatic heterocycles. The van der Waals surface area contributed by atoms with Crippen molar-refractivity contribution in [3.05, 3.63) is 42.2 Å². The van der Waals surface area contributed by atoms with Crippen molar-refractivity contribution in [1.82, 2.24) is 5.16 Å². The van der Waals surface area contributed by atoms with E-state index in [4.69, 9.17) is 18.7 Å². The molecule has 1 aliphatic rings. The Hall–Kier alpha value is -3.24. The average molecular weight is 404 g/mol. The fraction of sp³-hybridized carbons (Fsp3) is 0.167. The third-order valence-corrected chi connectivity index (χ3v) is 4.55. The molecule has 28 heavy (non-hydrogen) atoms. The third-order valence-electron chi connectivity index (χ3n) is 4.17. The van der Waals surface area contributed by atoms with Crippen LogP contribution in [0.25, 0.3) is 22.4 Å². The Morgan fingerprint density at radius 2 is 1.93 bits per heavy atom. The number of hydrogen-bond donors (Lipinski definition) is 0. The van der Waals surface area contributed by atoms with Crippen LogP contribution in [-0.2, 0) is 10.4 Å². The van der Waals surface area contributed by atoms with Crippen LogP contribution >= 0.6 is 0 Å². The molecule has 0 unspecified atom stereocenters. The van der Waals surface area contributed by atoms with Crippen LogP contribution in [0.15, 0.2) is 41.1 Å². The lowest BCUT2D eigenvalue weighted by atomic mass is 9.99. The largest absolute Gasteiger partial charge is 0.716 e. The molecule has 0 saturated carbocycles. The summed E-state index contributed by atoms with van der Waals surface area (Å²) in [6.07, 6.45) is 1.41. The second-order valence-electron chi connectivity index (χ2n) is 5.96. The topological polar surface area (TPSA) is 120 Å². The predicted octanol–water partition coefficient (Wildman–Crippen LogP) is 2.89. The predicted molar refractivity (Wildman–Crippen MR) is 95.1 cm³/mol. The number of hydrogen-bond acceptors (Lipinski definition) is 9. The molecule has 3 aromatic rings. The van der Waals surface area contributed by atoms with Gasteiger partial charge < -0.3 is 27.5 Å². The zero-order valence-corrected chi connectivity index (χ0v) is 15.6. The molecule has 146 valence electrons. The second-order valence-corrected chi connectivity index (χ2v) is 6.94. The Morgan fingerprint density at radius 3 is 2.68 bits per heavy atom. The Kier molecular flexibility index (Phi) is 4.36. The first kappa shape index (κ1) is 18.1. The van der Waals surface area contributed by atoms with E-state index in [2.05, 4.69) is 9.34 Å². The Morgan fingerprint density at radius 1 is 1.11 bits per heavy atom. The number of rotatable bonds is 5. The smallest absolute Gasteiger partial charge is 0.262 e. The average Bonchev–Trinajstić information content (AvgIpc) is 3.29. The third kappa shape index (κ3) is 3.35. The number of methoxy groups -OCH3 is 1. The molecule has 4 rings (SSSR count). The van der Waals surface area contributed by atoms with Crippen LogP contribution in [0.2, 0.25) is 0 Å². The molecule has 0 bridgehead atoms. The van der Waals surface area contributed by atoms with Crippen molar-refractivity contribution >= 4 is 10.4 Å². The minimum atomic E-state index is -4.97. The molecule has 9 nitrogen and oxygen atoms in total. The van der Waals surface area contributed by atoms with Gasteiger partial charge in [0.15, 0.2) is 23.0 Å². The van der Waals surface area contributed by atoms with Crippen LogP contribution < -0.4 is 18.4 Å². The van der Waals surface area contributed by atoms with E-state index in [0.717, 1.165) is 11.1 Å². The van der Waals surface area contributed by atoms with E-state index in [-0.39, 0.29) is 18.3 Å². The maximum absolute atomic E-state index is 11.0. The minimum absolute atomic E-state index is 0.0973. The molecule has 10 heteroatoms. The van der Waals surface area contributed by atoms with Crippen molar-refractivity contribution in [2.45, 2.75) is 6.92 Å². The first-order chi connectivity index (χ1) is 13.4. The van der Waals surface area contributed by atoms with E-state index in [0.29, 0.717) is 28.3 Å². The van der Waals surface area contributed by atoms with Crippen molar-refractivity contribution in [1.29, 1.82) is 0 Å². The van der Waals surface area contributed by atoms with E-state index in [1.807, 2.05) is 13.0 Å². The van der Waals surface area contributed by atoms with Crippen molar-refractivity contribution in [2.75, 3.05) is 13.9 Å². The highest BCUT2D eigenvalue weighted by Gasteiger charge is 2.21. The van der Waals surface area contributed by atoms with Crippen molar-refractivity contribution in [2.24, 2.45) is 0 Å². The highest BCUT2D eigenvalue weighted by molar-refractivity contribution is 7.81. The number of ether oxygens (including phenoxy) is 3. The Labute approximate surface area is 160 Å². The SMILES string of the molecule is COc1ccc(-c2conc2-c2cc(C)c3c(c2)OCO3)cc1OS(=O)(=O)[O-]. The summed E-state index contributed by atoms with van der Waals surface area (Å²) in [5.41, 5.74) is 3.18. The first-order valence-corrected chi connectivity index (χ1v) is 9.38. The molecule has 0 spiro atoms. The van der Waals surface area contributed by atoms with Gasteiger partial charge in [-0.05, 0) is 42.3 Å². The summed E-state index contributed by atoms with van der Waals surface area (Å²) < 4.78 is 58.6. The van der Waals surface area contributed by atoms with Gasteiger partial charge in [0.2, 0.25) is 6.79 Å². The summed E-state index contributed by atoms with van der Waals surface area (Å²) in [5, 5.41) is 4.05. The summed E-state index contributed by atoms with van der Waals surface area (Å²) in [5.74, 6) is 1.14. The van der Waals surface area contributed by atoms with E-state index in [1.165, 1.54) is 25.5 Å². The lowest BCUT2D eigenvalue weighted by Gasteiger charge is -2.13. The molecule has 0 saturated heterocycles. The van der Waals surface area contributed by atoms with Crippen LogP contribution in [0.4, 0.5) is 0 Å². The van der Waals surface area contributed by atoms with Gasteiger partial charge in [-0.15, -0.1) is 0 Å². The Bertz CT molecular complexity index is 1150. The van der Waals surface area contributed by atoms with Gasteiger partial charge in [-0.1, -0.05) is 11.2 Å². The van der Waals surface area contributed by atoms with E-state index < -0.39 is 10.4 Å². The van der Waals surface area contributed by atoms with Crippen LogP contribution in [-0.4, -0.2) is 32.0 Å². The fourth-order valence-corrected chi connectivity index (χ4v) is 3.34. The van der Waals surface area contributed by atoms with E-state index in [9.17, 15) is 13.0 Å². The molecular weight excluding hydrogens is 390 g/mol. The molecule has 0 amide bonds. The number of nitrogens with zero attached hydrogens (tertiary/aromatic N) is 1. The van der Waals surface area contributed by atoms with Crippen LogP contribution in [0, 0.1) is 6.92 Å². The van der Waals surface area contributed by atoms with Gasteiger partial charge in [-0.2, -0.15) is 0 Å². The molecule has 0 N–H and O–H groups in total. The Balaban J connectivity index is 1.80. The normalized spacial score (nSPS) is 12.8. The lowest BCUT2D eigenvalue weighted by molar-refractivity contribution is 0.173. The van der Waals surface area contributed by atoms with Gasteiger partial charge in [-0.25, -0.2) is 8.42 Å². The summed E-state index contributed by atoms with van der Waals surface area (Å²) in [4.78, 5) is 0. The van der Waals surface area contributed by atoms with Gasteiger partial charge in [0.05, 0.1) is 7.11 Å². The van der Waals surface area contributed by atoms with Crippen molar-refractivity contribution < 1.29 is 35.9 Å². The van der Waals surface area contributed by atoms with Crippen LogP contribution in [0.1, 0.15) is 5.56 Å². The number of aryl methyl sites for hydroxylation is 1. The highest BCUT2D eigenvalue weighted by atomic mass is 32.3. The maximum atomic E-state index is 11.0. The first-order valence-electron chi connectivity index (χ1n) is 8.04. The number of benzene rings is 2. The second kappa shape index (κ2) is 6.73. The zero-order chi connectivity index (χ0) is 19.9. The standard InChI is InChI=1S/C18H15NO8S/c1-10-5-12(7-16-18(10)25-9-24-16)17-13(8-26-19-17)11-3-4-14(23-2)15(6-11)27-28(20,21)22/h3-8H,9H2,1-2H3,(H,20,21,22)/p-1. The van der Waals surface area contributed by atoms with Crippen LogP contribution in [0.3, 0.4) is 0 Å². The van der Waals surface area contributed by atoms with Crippen molar-refractivity contribution in [3.8, 4) is 45.4 Å². The van der Waals surface area contributed by atoms with Gasteiger partial charge in [0.25, 0.3) is 10.4 Å². The van der Waals surface area contributed by atoms with Gasteiger partial charge in [0.1, 0.15) is 12.0 Å². The minimum Gasteiger partial charge on any atom is -0.716 e. The molecule has 2 heterocycles. The summed E-state index contributed by atoms with van der Waals surface area (Å²) in [6.45, 7) is 2.03. The molecule has 0 atom stereocenters. The summed E-state index contributed by atoms with van der Waals surface area (Å²) in [6, 6.07) is 8.16. The van der Waals surface area contributed by atoms with E-state index in [1.54, 1.807) is 12.1 Å². The molecule has 0 radical (unpaired) electrons. The summed E-state index contributed by atoms with van der Waals surface area (Å²) >= 11 is 0. The molecule has 2 aromatic carbocycles. The van der Waals surface area contributed by atoms with Crippen LogP contribution in [0.5, 0.6) is 23.0 Å². The van der Waals surface area contributed by atoms with Gasteiger partial charge in [-0.3, -0.25) is 0 Å². The highest BCUT2D eigenvalue weighted by Crippen LogP contribution is 2.42. The lowest BCUT2D eigenvalue weighted by Crippen LogP contribution is -2.08. The quantitative estimate of drug-likeness (QED) is 0.467. The van der Waals surface area contributed by atoms with E-state index >= 15 is 0 Å². The number of aromatic nitrogens is 1. The fourth-order valence-electron chi connectivity index (χ4n) is 2.99. The van der Waals surface area contributed by atoms with Gasteiger partial charge >= 0.3 is 0 Å². The van der Waals surface area contributed by atoms with Crippen molar-refractivity contribution in [3.63, 3.8) is 0 Å². The zero-order valence-electron chi connectivity index (χ0n) is 14.8. The summed E-state index contributed by atoms with van der Waals surface area (Å²) in [7, 11) is -3.64. The number of fused-ring (bicyclic) bond motifs is 1. The monoisotopic (exact) mass is 404 g/mol. The molecule has 0 fully saturated rings. The molecule has 0 aliphatic carbocycles. The molecular formula is C18H14NO8S-. The molecule has 1 aromatic heterocycles.